The average Bonchev–Trinajstić information content (AvgIpc) is 3.29. The molecule has 4 atom stereocenters. The quantitative estimate of drug-likeness (QED) is 0.621. The first-order valence-corrected chi connectivity index (χ1v) is 13.4. The minimum Gasteiger partial charge on any atom is -0.466 e. The number of fused-ring (bicyclic) bond motifs is 1. The van der Waals surface area contributed by atoms with Gasteiger partial charge in [0.2, 0.25) is 6.23 Å². The van der Waals surface area contributed by atoms with Gasteiger partial charge in [-0.05, 0) is 44.5 Å². The van der Waals surface area contributed by atoms with E-state index < -0.39 is 18.3 Å². The Labute approximate surface area is 217 Å². The van der Waals surface area contributed by atoms with Crippen LogP contribution in [-0.4, -0.2) is 78.1 Å². The van der Waals surface area contributed by atoms with E-state index in [4.69, 9.17) is 9.73 Å². The number of H-pyrrole nitrogens is 1. The Bertz CT molecular complexity index is 1250. The lowest BCUT2D eigenvalue weighted by Gasteiger charge is -2.39. The van der Waals surface area contributed by atoms with Crippen LogP contribution in [0, 0.1) is 24.2 Å². The molecular formula is C28H36FN7O. The van der Waals surface area contributed by atoms with E-state index >= 15 is 4.39 Å². The van der Waals surface area contributed by atoms with Gasteiger partial charge in [-0.25, -0.2) is 9.38 Å². The number of likely N-dealkylation sites (N-methyl/N-ethyl adjacent to an activating group) is 1. The number of amidine groups is 1. The number of nitriles is 1. The monoisotopic (exact) mass is 505 g/mol. The van der Waals surface area contributed by atoms with Gasteiger partial charge in [-0.3, -0.25) is 4.99 Å². The maximum absolute atomic E-state index is 15.2. The third kappa shape index (κ3) is 5.21. The van der Waals surface area contributed by atoms with E-state index in [2.05, 4.69) is 51.1 Å². The van der Waals surface area contributed by atoms with E-state index in [-0.39, 0.29) is 6.04 Å². The third-order valence-electron chi connectivity index (χ3n) is 7.67. The molecule has 5 rings (SSSR count). The lowest BCUT2D eigenvalue weighted by atomic mass is 9.96. The zero-order valence-electron chi connectivity index (χ0n) is 21.9. The van der Waals surface area contributed by atoms with Crippen molar-refractivity contribution >= 4 is 23.1 Å². The predicted octanol–water partition coefficient (Wildman–Crippen LogP) is 3.94. The van der Waals surface area contributed by atoms with Crippen LogP contribution in [0.5, 0.6) is 5.75 Å². The molecule has 2 aromatic rings. The molecule has 0 spiro atoms. The lowest BCUT2D eigenvalue weighted by Crippen LogP contribution is -2.47. The summed E-state index contributed by atoms with van der Waals surface area (Å²) in [5.41, 5.74) is 4.03. The van der Waals surface area contributed by atoms with E-state index in [1.54, 1.807) is 0 Å². The Balaban J connectivity index is 1.30. The fourth-order valence-electron chi connectivity index (χ4n) is 5.61. The molecule has 0 saturated carbocycles. The number of halogens is 1. The maximum Gasteiger partial charge on any atom is 0.214 e. The van der Waals surface area contributed by atoms with Crippen LogP contribution in [-0.2, 0) is 6.42 Å². The van der Waals surface area contributed by atoms with Crippen LogP contribution in [0.25, 0.3) is 10.9 Å². The molecule has 9 heteroatoms. The number of piperazine rings is 1. The Morgan fingerprint density at radius 2 is 2.05 bits per heavy atom. The number of ether oxygens (including phenoxy) is 1. The fraction of sp³-hybridized carbons (Fsp3) is 0.536. The minimum atomic E-state index is -1.05. The zero-order valence-corrected chi connectivity index (χ0v) is 21.9. The summed E-state index contributed by atoms with van der Waals surface area (Å²) < 4.78 is 21.5. The summed E-state index contributed by atoms with van der Waals surface area (Å²) in [4.78, 5) is 17.1. The van der Waals surface area contributed by atoms with Gasteiger partial charge in [-0.2, -0.15) is 5.26 Å². The molecule has 0 radical (unpaired) electrons. The molecule has 8 nitrogen and oxygen atoms in total. The topological polar surface area (TPSA) is 92.0 Å². The van der Waals surface area contributed by atoms with Crippen molar-refractivity contribution in [3.05, 3.63) is 41.2 Å². The molecule has 3 heterocycles. The summed E-state index contributed by atoms with van der Waals surface area (Å²) in [6.07, 6.45) is 3.51. The molecule has 37 heavy (non-hydrogen) atoms. The number of aliphatic imine (C=N–C) groups is 2. The Morgan fingerprint density at radius 3 is 2.76 bits per heavy atom. The summed E-state index contributed by atoms with van der Waals surface area (Å²) in [6, 6.07) is 8.12. The molecule has 0 bridgehead atoms. The number of benzene rings is 1. The molecule has 196 valence electrons. The second kappa shape index (κ2) is 10.9. The van der Waals surface area contributed by atoms with Crippen LogP contribution in [0.1, 0.15) is 37.9 Å². The Morgan fingerprint density at radius 1 is 1.24 bits per heavy atom. The highest BCUT2D eigenvalue weighted by Crippen LogP contribution is 2.32. The SMILES string of the molecule is CCc1c(OC2N=CNC(=NC3CC=C(N4CCN(CC)CC4)C(F)C3)C2C#N)ccc2[nH]c(C)cc12. The van der Waals surface area contributed by atoms with Crippen LogP contribution in [0.15, 0.2) is 40.0 Å². The van der Waals surface area contributed by atoms with Gasteiger partial charge < -0.3 is 24.8 Å². The first-order chi connectivity index (χ1) is 18.0. The van der Waals surface area contributed by atoms with Crippen molar-refractivity contribution in [2.75, 3.05) is 32.7 Å². The summed E-state index contributed by atoms with van der Waals surface area (Å²) in [5, 5.41) is 14.2. The van der Waals surface area contributed by atoms with Crippen molar-refractivity contribution in [1.29, 1.82) is 5.26 Å². The number of aromatic amines is 1. The van der Waals surface area contributed by atoms with E-state index in [1.807, 2.05) is 25.1 Å². The highest BCUT2D eigenvalue weighted by Gasteiger charge is 2.34. The van der Waals surface area contributed by atoms with Crippen LogP contribution in [0.2, 0.25) is 0 Å². The van der Waals surface area contributed by atoms with Gasteiger partial charge in [0, 0.05) is 60.5 Å². The van der Waals surface area contributed by atoms with Gasteiger partial charge >= 0.3 is 0 Å². The number of hydrogen-bond acceptors (Lipinski definition) is 6. The minimum absolute atomic E-state index is 0.230. The first kappa shape index (κ1) is 25.3. The van der Waals surface area contributed by atoms with Crippen molar-refractivity contribution < 1.29 is 9.13 Å². The van der Waals surface area contributed by atoms with E-state index in [0.29, 0.717) is 18.7 Å². The second-order valence-corrected chi connectivity index (χ2v) is 10.0. The second-order valence-electron chi connectivity index (χ2n) is 10.0. The van der Waals surface area contributed by atoms with Crippen LogP contribution < -0.4 is 10.1 Å². The number of allylic oxidation sites excluding steroid dienone is 1. The van der Waals surface area contributed by atoms with Crippen molar-refractivity contribution in [2.24, 2.45) is 15.9 Å². The number of alkyl halides is 1. The van der Waals surface area contributed by atoms with Crippen molar-refractivity contribution in [1.82, 2.24) is 20.1 Å². The molecule has 1 aromatic heterocycles. The van der Waals surface area contributed by atoms with Crippen molar-refractivity contribution in [3.8, 4) is 11.8 Å². The summed E-state index contributed by atoms with van der Waals surface area (Å²) >= 11 is 0. The molecule has 4 unspecified atom stereocenters. The van der Waals surface area contributed by atoms with E-state index in [9.17, 15) is 5.26 Å². The van der Waals surface area contributed by atoms with Crippen LogP contribution in [0.4, 0.5) is 4.39 Å². The third-order valence-corrected chi connectivity index (χ3v) is 7.67. The predicted molar refractivity (Wildman–Crippen MR) is 145 cm³/mol. The summed E-state index contributed by atoms with van der Waals surface area (Å²) in [7, 11) is 0. The normalized spacial score (nSPS) is 27.7. The van der Waals surface area contributed by atoms with E-state index in [0.717, 1.165) is 72.8 Å². The Kier molecular flexibility index (Phi) is 7.47. The van der Waals surface area contributed by atoms with E-state index in [1.165, 1.54) is 6.34 Å². The Hall–Kier alpha value is -3.38. The van der Waals surface area contributed by atoms with Crippen LogP contribution in [0.3, 0.4) is 0 Å². The number of nitrogens with zero attached hydrogens (tertiary/aromatic N) is 5. The number of rotatable bonds is 6. The molecular weight excluding hydrogens is 469 g/mol. The van der Waals surface area contributed by atoms with Gasteiger partial charge in [-0.15, -0.1) is 0 Å². The molecule has 2 aliphatic heterocycles. The van der Waals surface area contributed by atoms with Crippen molar-refractivity contribution in [3.63, 3.8) is 0 Å². The highest BCUT2D eigenvalue weighted by atomic mass is 19.1. The number of nitrogens with one attached hydrogen (secondary N) is 2. The molecule has 1 aliphatic carbocycles. The number of aromatic nitrogens is 1. The van der Waals surface area contributed by atoms with Crippen molar-refractivity contribution in [2.45, 2.75) is 58.5 Å². The van der Waals surface area contributed by atoms with Gasteiger partial charge in [0.05, 0.1) is 18.4 Å². The lowest BCUT2D eigenvalue weighted by molar-refractivity contribution is 0.138. The molecule has 2 N–H and O–H groups in total. The first-order valence-electron chi connectivity index (χ1n) is 13.4. The maximum atomic E-state index is 15.2. The standard InChI is InChI=1S/C28H36FN7O/c1-4-20-21-14-18(3)33-24(21)7-9-26(20)37-28-22(16-30)27(31-17-32-28)34-19-6-8-25(23(29)15-19)36-12-10-35(5-2)11-13-36/h7-9,14,17,19,22-23,28,33H,4-6,10-13,15H2,1-3H3,(H,31,32,34). The molecule has 3 aliphatic rings. The largest absolute Gasteiger partial charge is 0.466 e. The molecule has 1 saturated heterocycles. The van der Waals surface area contributed by atoms with Gasteiger partial charge in [0.15, 0.2) is 5.92 Å². The zero-order chi connectivity index (χ0) is 25.9. The smallest absolute Gasteiger partial charge is 0.214 e. The molecule has 1 aromatic carbocycles. The fourth-order valence-corrected chi connectivity index (χ4v) is 5.61. The van der Waals surface area contributed by atoms with Gasteiger partial charge in [0.1, 0.15) is 17.8 Å². The highest BCUT2D eigenvalue weighted by molar-refractivity contribution is 5.97. The van der Waals surface area contributed by atoms with Gasteiger partial charge in [-0.1, -0.05) is 19.9 Å². The summed E-state index contributed by atoms with van der Waals surface area (Å²) in [5.74, 6) is 0.503. The van der Waals surface area contributed by atoms with Gasteiger partial charge in [0.25, 0.3) is 0 Å². The van der Waals surface area contributed by atoms with Crippen LogP contribution >= 0.6 is 0 Å². The summed E-state index contributed by atoms with van der Waals surface area (Å²) in [6.45, 7) is 11.0. The number of hydrogen-bond donors (Lipinski definition) is 2. The molecule has 0 amide bonds. The average molecular weight is 506 g/mol. The molecule has 1 fully saturated rings. The number of aryl methyl sites for hydroxylation is 2.